The number of carbonyl (C=O) groups is 4. The summed E-state index contributed by atoms with van der Waals surface area (Å²) < 4.78 is 68.4. The van der Waals surface area contributed by atoms with Gasteiger partial charge in [0, 0.05) is 19.3 Å². The molecule has 5 unspecified atom stereocenters. The number of rotatable bonds is 71. The summed E-state index contributed by atoms with van der Waals surface area (Å²) in [6, 6.07) is 0. The molecule has 0 spiro atoms. The van der Waals surface area contributed by atoms with E-state index in [1.807, 2.05) is 18.2 Å². The molecule has 0 bridgehead atoms. The van der Waals surface area contributed by atoms with Crippen LogP contribution in [-0.4, -0.2) is 96.7 Å². The molecular formula is C83H136O17P2. The zero-order valence-electron chi connectivity index (χ0n) is 63.2. The Hall–Kier alpha value is -5.32. The SMILES string of the molecule is CC/C=C\C/C=C\C/C=C\C/C=C\C/C=C\CC(=O)OCC(COP(=O)(O)OCC(O)COP(=O)(O)OCC(COC(=O)CCCCCC/C=C\C/C=C\C/C=C\C/C=C\CC)OC(=O)CCCCCCC/C=C\CCCCCCCC)OC(=O)CCCCCCC/C=C\C/C=C\C/C=C\CC. The van der Waals surface area contributed by atoms with Crippen molar-refractivity contribution in [3.63, 3.8) is 0 Å². The van der Waals surface area contributed by atoms with Gasteiger partial charge in [-0.2, -0.15) is 0 Å². The van der Waals surface area contributed by atoms with Gasteiger partial charge in [0.25, 0.3) is 0 Å². The van der Waals surface area contributed by atoms with Crippen molar-refractivity contribution in [2.75, 3.05) is 39.6 Å². The molecule has 3 N–H and O–H groups in total. The van der Waals surface area contributed by atoms with Gasteiger partial charge in [-0.15, -0.1) is 0 Å². The highest BCUT2D eigenvalue weighted by Crippen LogP contribution is 2.45. The number of aliphatic hydroxyl groups is 1. The van der Waals surface area contributed by atoms with E-state index < -0.39 is 97.5 Å². The highest BCUT2D eigenvalue weighted by Gasteiger charge is 2.30. The van der Waals surface area contributed by atoms with E-state index in [2.05, 4.69) is 161 Å². The number of carbonyl (C=O) groups excluding carboxylic acids is 4. The lowest BCUT2D eigenvalue weighted by atomic mass is 10.1. The fourth-order valence-electron chi connectivity index (χ4n) is 9.70. The van der Waals surface area contributed by atoms with Crippen LogP contribution >= 0.6 is 15.6 Å². The van der Waals surface area contributed by atoms with E-state index in [4.69, 9.17) is 37.0 Å². The van der Waals surface area contributed by atoms with Crippen LogP contribution in [0.2, 0.25) is 0 Å². The van der Waals surface area contributed by atoms with Gasteiger partial charge in [-0.3, -0.25) is 37.3 Å². The number of phosphoric ester groups is 2. The topological polar surface area (TPSA) is 237 Å². The van der Waals surface area contributed by atoms with Gasteiger partial charge in [-0.1, -0.05) is 269 Å². The molecule has 0 heterocycles. The lowest BCUT2D eigenvalue weighted by Gasteiger charge is -2.21. The van der Waals surface area contributed by atoms with Crippen molar-refractivity contribution in [1.82, 2.24) is 0 Å². The van der Waals surface area contributed by atoms with Crippen LogP contribution in [0.3, 0.4) is 0 Å². The smallest absolute Gasteiger partial charge is 0.462 e. The van der Waals surface area contributed by atoms with E-state index in [0.717, 1.165) is 167 Å². The first-order valence-electron chi connectivity index (χ1n) is 38.7. The Bertz CT molecular complexity index is 2550. The Labute approximate surface area is 617 Å². The summed E-state index contributed by atoms with van der Waals surface area (Å²) in [5, 5.41) is 10.6. The highest BCUT2D eigenvalue weighted by molar-refractivity contribution is 7.47. The molecule has 0 aromatic carbocycles. The summed E-state index contributed by atoms with van der Waals surface area (Å²) in [5.74, 6) is -2.39. The van der Waals surface area contributed by atoms with Gasteiger partial charge in [-0.25, -0.2) is 9.13 Å². The molecule has 0 saturated heterocycles. The van der Waals surface area contributed by atoms with Crippen LogP contribution in [0.1, 0.15) is 285 Å². The molecule has 17 nitrogen and oxygen atoms in total. The van der Waals surface area contributed by atoms with Crippen LogP contribution in [0.15, 0.2) is 158 Å². The van der Waals surface area contributed by atoms with Gasteiger partial charge in [-0.05, 0) is 148 Å². The molecule has 0 amide bonds. The van der Waals surface area contributed by atoms with Gasteiger partial charge in [0.2, 0.25) is 0 Å². The van der Waals surface area contributed by atoms with Crippen LogP contribution in [0, 0.1) is 0 Å². The molecule has 0 aliphatic rings. The van der Waals surface area contributed by atoms with Crippen molar-refractivity contribution in [1.29, 1.82) is 0 Å². The Morgan fingerprint density at radius 2 is 0.549 bits per heavy atom. The van der Waals surface area contributed by atoms with Crippen molar-refractivity contribution < 1.29 is 80.2 Å². The van der Waals surface area contributed by atoms with Gasteiger partial charge in [0.1, 0.15) is 19.3 Å². The van der Waals surface area contributed by atoms with Crippen LogP contribution in [0.25, 0.3) is 0 Å². The maximum absolute atomic E-state index is 13.1. The number of hydrogen-bond donors (Lipinski definition) is 3. The molecule has 19 heteroatoms. The van der Waals surface area contributed by atoms with Gasteiger partial charge >= 0.3 is 39.5 Å². The van der Waals surface area contributed by atoms with E-state index in [0.29, 0.717) is 25.7 Å². The monoisotopic (exact) mass is 1470 g/mol. The largest absolute Gasteiger partial charge is 0.472 e. The Kier molecular flexibility index (Phi) is 70.1. The summed E-state index contributed by atoms with van der Waals surface area (Å²) in [6.45, 7) is 4.34. The molecule has 0 aliphatic carbocycles. The minimum absolute atomic E-state index is 0.0504. The number of aliphatic hydroxyl groups excluding tert-OH is 1. The molecule has 0 saturated carbocycles. The van der Waals surface area contributed by atoms with E-state index in [1.165, 1.54) is 38.5 Å². The van der Waals surface area contributed by atoms with Crippen molar-refractivity contribution in [2.45, 2.75) is 303 Å². The molecule has 580 valence electrons. The maximum atomic E-state index is 13.1. The zero-order chi connectivity index (χ0) is 74.6. The third-order valence-electron chi connectivity index (χ3n) is 15.5. The molecule has 0 aromatic rings. The standard InChI is InChI=1S/C83H136O17P2/c1-5-9-13-17-21-25-29-33-37-38-42-44-48-52-56-60-64-68-81(86)94-74-79(100-83(88)70-66-62-58-54-50-46-41-36-32-28-24-20-16-12-8-4)76-98-102(91,92)96-72-77(84)71-95-101(89,90)97-75-78(99-82(87)69-65-61-57-53-49-45-40-35-31-27-23-19-15-11-7-3)73-93-80(85)67-63-59-55-51-47-43-39-34-30-26-22-18-14-10-6-2/h9-11,13-15,21-23,25-27,33-37,39-42,44,47,51,59,63,77-79,84H,5-8,12,16-20,24,28-32,38,43,45-46,48-50,52-58,60-62,64-76H2,1-4H3,(H,89,90)(H,91,92)/b13-9-,14-10-,15-11-,25-21-,26-22-,27-23-,37-33-,39-34-,40-35-,41-36-,44-42-,51-47-,63-59-. The first-order valence-corrected chi connectivity index (χ1v) is 41.7. The summed E-state index contributed by atoms with van der Waals surface area (Å²) in [4.78, 5) is 72.9. The minimum atomic E-state index is -5.01. The number of esters is 4. The normalized spacial score (nSPS) is 14.8. The average Bonchev–Trinajstić information content (AvgIpc) is 0.926. The fourth-order valence-corrected chi connectivity index (χ4v) is 11.3. The second kappa shape index (κ2) is 74.0. The Morgan fingerprint density at radius 1 is 0.294 bits per heavy atom. The summed E-state index contributed by atoms with van der Waals surface area (Å²) >= 11 is 0. The van der Waals surface area contributed by atoms with E-state index in [-0.39, 0.29) is 25.7 Å². The first-order chi connectivity index (χ1) is 49.7. The predicted molar refractivity (Wildman–Crippen MR) is 417 cm³/mol. The van der Waals surface area contributed by atoms with E-state index >= 15 is 0 Å². The molecule has 0 aromatic heterocycles. The molecule has 0 rings (SSSR count). The summed E-state index contributed by atoms with van der Waals surface area (Å²) in [6.07, 6.45) is 85.4. The molecule has 0 fully saturated rings. The number of unbranched alkanes of at least 4 members (excludes halogenated alkanes) is 20. The summed E-state index contributed by atoms with van der Waals surface area (Å²) in [7, 11) is -10.0. The average molecular weight is 1470 g/mol. The third-order valence-corrected chi connectivity index (χ3v) is 17.4. The predicted octanol–water partition coefficient (Wildman–Crippen LogP) is 22.4. The van der Waals surface area contributed by atoms with Crippen LogP contribution in [-0.2, 0) is 65.4 Å². The van der Waals surface area contributed by atoms with Crippen molar-refractivity contribution in [3.05, 3.63) is 158 Å². The second-order valence-electron chi connectivity index (χ2n) is 25.2. The minimum Gasteiger partial charge on any atom is -0.462 e. The first kappa shape index (κ1) is 96.7. The zero-order valence-corrected chi connectivity index (χ0v) is 65.0. The number of hydrogen-bond acceptors (Lipinski definition) is 15. The van der Waals surface area contributed by atoms with Crippen LogP contribution in [0.5, 0.6) is 0 Å². The van der Waals surface area contributed by atoms with Gasteiger partial charge in [0.05, 0.1) is 32.8 Å². The molecule has 0 aliphatic heterocycles. The third kappa shape index (κ3) is 73.0. The number of allylic oxidation sites excluding steroid dienone is 25. The quantitative estimate of drug-likeness (QED) is 0.0169. The van der Waals surface area contributed by atoms with Gasteiger partial charge in [0.15, 0.2) is 12.2 Å². The molecular weight excluding hydrogens is 1330 g/mol. The summed E-state index contributed by atoms with van der Waals surface area (Å²) in [5.41, 5.74) is 0. The lowest BCUT2D eigenvalue weighted by molar-refractivity contribution is -0.161. The van der Waals surface area contributed by atoms with Crippen molar-refractivity contribution >= 4 is 39.5 Å². The Morgan fingerprint density at radius 3 is 0.882 bits per heavy atom. The molecule has 5 atom stereocenters. The number of ether oxygens (including phenoxy) is 4. The second-order valence-corrected chi connectivity index (χ2v) is 28.1. The van der Waals surface area contributed by atoms with E-state index in [9.17, 15) is 43.2 Å². The highest BCUT2D eigenvalue weighted by atomic mass is 31.2. The lowest BCUT2D eigenvalue weighted by Crippen LogP contribution is -2.30. The van der Waals surface area contributed by atoms with Crippen LogP contribution < -0.4 is 0 Å². The fraction of sp³-hybridized carbons (Fsp3) is 0.639. The van der Waals surface area contributed by atoms with Gasteiger partial charge < -0.3 is 33.8 Å². The van der Waals surface area contributed by atoms with E-state index in [1.54, 1.807) is 6.08 Å². The Balaban J connectivity index is 5.48. The number of phosphoric acid groups is 2. The maximum Gasteiger partial charge on any atom is 0.472 e. The van der Waals surface area contributed by atoms with Crippen LogP contribution in [0.4, 0.5) is 0 Å². The molecule has 0 radical (unpaired) electrons. The van der Waals surface area contributed by atoms with Crippen molar-refractivity contribution in [3.8, 4) is 0 Å². The molecule has 102 heavy (non-hydrogen) atoms. The van der Waals surface area contributed by atoms with Crippen molar-refractivity contribution in [2.24, 2.45) is 0 Å².